The molecular weight excluding hydrogens is 220 g/mol. The van der Waals surface area contributed by atoms with Gasteiger partial charge in [-0.1, -0.05) is 0 Å². The summed E-state index contributed by atoms with van der Waals surface area (Å²) in [6.45, 7) is 2.70. The lowest BCUT2D eigenvalue weighted by Gasteiger charge is -2.28. The highest BCUT2D eigenvalue weighted by Crippen LogP contribution is 2.24. The molecule has 2 N–H and O–H groups in total. The molecule has 1 saturated heterocycles. The maximum atomic E-state index is 11.9. The standard InChI is InChI=1S/C12H20N2O3/c1-8(12(17)13-9-4-5-9)14-6-2-3-10(14)7-11(15)16/h8-10H,2-7H2,1H3,(H,13,17)(H,15,16). The summed E-state index contributed by atoms with van der Waals surface area (Å²) in [5, 5.41) is 11.8. The zero-order chi connectivity index (χ0) is 12.4. The Balaban J connectivity index is 1.89. The molecule has 5 nitrogen and oxygen atoms in total. The third-order valence-electron chi connectivity index (χ3n) is 3.63. The summed E-state index contributed by atoms with van der Waals surface area (Å²) in [5.74, 6) is -0.735. The maximum Gasteiger partial charge on any atom is 0.304 e. The van der Waals surface area contributed by atoms with Crippen LogP contribution < -0.4 is 5.32 Å². The average molecular weight is 240 g/mol. The van der Waals surface area contributed by atoms with Crippen LogP contribution >= 0.6 is 0 Å². The van der Waals surface area contributed by atoms with Crippen LogP contribution in [0.25, 0.3) is 0 Å². The number of rotatable bonds is 5. The maximum absolute atomic E-state index is 11.9. The van der Waals surface area contributed by atoms with Gasteiger partial charge in [0.15, 0.2) is 0 Å². The van der Waals surface area contributed by atoms with Crippen molar-refractivity contribution in [1.82, 2.24) is 10.2 Å². The van der Waals surface area contributed by atoms with Crippen molar-refractivity contribution < 1.29 is 14.7 Å². The van der Waals surface area contributed by atoms with Crippen LogP contribution in [0, 0.1) is 0 Å². The molecule has 2 atom stereocenters. The average Bonchev–Trinajstić information content (AvgIpc) is 2.95. The first-order chi connectivity index (χ1) is 8.08. The molecular formula is C12H20N2O3. The Morgan fingerprint density at radius 3 is 2.71 bits per heavy atom. The summed E-state index contributed by atoms with van der Waals surface area (Å²) in [4.78, 5) is 24.7. The molecule has 1 heterocycles. The minimum atomic E-state index is -0.781. The normalized spacial score (nSPS) is 26.8. The molecule has 0 bridgehead atoms. The van der Waals surface area contributed by atoms with Gasteiger partial charge < -0.3 is 10.4 Å². The Labute approximate surface area is 101 Å². The predicted octanol–water partition coefficient (Wildman–Crippen LogP) is 0.593. The number of aliphatic carboxylic acids is 1. The molecule has 1 saturated carbocycles. The second-order valence-corrected chi connectivity index (χ2v) is 5.09. The SMILES string of the molecule is CC(C(=O)NC1CC1)N1CCCC1CC(=O)O. The van der Waals surface area contributed by atoms with Crippen molar-refractivity contribution in [2.24, 2.45) is 0 Å². The Morgan fingerprint density at radius 2 is 2.12 bits per heavy atom. The highest BCUT2D eigenvalue weighted by molar-refractivity contribution is 5.82. The number of carboxylic acids is 1. The molecule has 1 amide bonds. The van der Waals surface area contributed by atoms with E-state index >= 15 is 0 Å². The van der Waals surface area contributed by atoms with Crippen molar-refractivity contribution in [2.75, 3.05) is 6.54 Å². The molecule has 2 fully saturated rings. The van der Waals surface area contributed by atoms with Gasteiger partial charge in [0.05, 0.1) is 12.5 Å². The number of nitrogens with zero attached hydrogens (tertiary/aromatic N) is 1. The second-order valence-electron chi connectivity index (χ2n) is 5.09. The number of amides is 1. The number of carbonyl (C=O) groups is 2. The molecule has 0 aromatic heterocycles. The third kappa shape index (κ3) is 3.19. The largest absolute Gasteiger partial charge is 0.481 e. The zero-order valence-electron chi connectivity index (χ0n) is 10.2. The van der Waals surface area contributed by atoms with Crippen molar-refractivity contribution in [1.29, 1.82) is 0 Å². The Morgan fingerprint density at radius 1 is 1.41 bits per heavy atom. The van der Waals surface area contributed by atoms with Crippen molar-refractivity contribution >= 4 is 11.9 Å². The van der Waals surface area contributed by atoms with Crippen LogP contribution in [0.1, 0.15) is 39.0 Å². The van der Waals surface area contributed by atoms with Crippen molar-refractivity contribution in [3.8, 4) is 0 Å². The molecule has 96 valence electrons. The second kappa shape index (κ2) is 5.04. The van der Waals surface area contributed by atoms with Gasteiger partial charge in [0.1, 0.15) is 0 Å². The van der Waals surface area contributed by atoms with Gasteiger partial charge in [0.25, 0.3) is 0 Å². The molecule has 2 aliphatic rings. The van der Waals surface area contributed by atoms with E-state index in [0.717, 1.165) is 32.2 Å². The topological polar surface area (TPSA) is 69.6 Å². The summed E-state index contributed by atoms with van der Waals surface area (Å²) in [6, 6.07) is 0.181. The monoisotopic (exact) mass is 240 g/mol. The van der Waals surface area contributed by atoms with E-state index in [2.05, 4.69) is 5.32 Å². The number of likely N-dealkylation sites (tertiary alicyclic amines) is 1. The first-order valence-electron chi connectivity index (χ1n) is 6.36. The zero-order valence-corrected chi connectivity index (χ0v) is 10.2. The quantitative estimate of drug-likeness (QED) is 0.738. The highest BCUT2D eigenvalue weighted by atomic mass is 16.4. The number of carbonyl (C=O) groups excluding carboxylic acids is 1. The number of carboxylic acid groups (broad SMARTS) is 1. The fraction of sp³-hybridized carbons (Fsp3) is 0.833. The first kappa shape index (κ1) is 12.4. The van der Waals surface area contributed by atoms with E-state index < -0.39 is 5.97 Å². The van der Waals surface area contributed by atoms with E-state index in [4.69, 9.17) is 5.11 Å². The van der Waals surface area contributed by atoms with Gasteiger partial charge >= 0.3 is 5.97 Å². The lowest BCUT2D eigenvalue weighted by Crippen LogP contribution is -2.48. The molecule has 2 unspecified atom stereocenters. The van der Waals surface area contributed by atoms with Gasteiger partial charge in [-0.2, -0.15) is 0 Å². The van der Waals surface area contributed by atoms with Crippen molar-refractivity contribution in [2.45, 2.75) is 57.2 Å². The molecule has 1 aliphatic carbocycles. The van der Waals surface area contributed by atoms with E-state index in [1.807, 2.05) is 11.8 Å². The highest BCUT2D eigenvalue weighted by Gasteiger charge is 2.34. The Bertz CT molecular complexity index is 315. The molecule has 2 rings (SSSR count). The van der Waals surface area contributed by atoms with E-state index in [9.17, 15) is 9.59 Å². The minimum absolute atomic E-state index is 0.0208. The van der Waals surface area contributed by atoms with Gasteiger partial charge in [-0.15, -0.1) is 0 Å². The van der Waals surface area contributed by atoms with Gasteiger partial charge in [0, 0.05) is 12.1 Å². The lowest BCUT2D eigenvalue weighted by molar-refractivity contribution is -0.139. The van der Waals surface area contributed by atoms with Crippen LogP contribution in [0.2, 0.25) is 0 Å². The number of hydrogen-bond acceptors (Lipinski definition) is 3. The van der Waals surface area contributed by atoms with Crippen LogP contribution in [0.15, 0.2) is 0 Å². The van der Waals surface area contributed by atoms with Gasteiger partial charge in [-0.3, -0.25) is 14.5 Å². The summed E-state index contributed by atoms with van der Waals surface area (Å²) in [6.07, 6.45) is 4.17. The summed E-state index contributed by atoms with van der Waals surface area (Å²) >= 11 is 0. The molecule has 0 aromatic carbocycles. The van der Waals surface area contributed by atoms with Gasteiger partial charge in [-0.25, -0.2) is 0 Å². The van der Waals surface area contributed by atoms with Gasteiger partial charge in [-0.05, 0) is 39.2 Å². The van der Waals surface area contributed by atoms with Crippen LogP contribution in [0.4, 0.5) is 0 Å². The molecule has 0 aromatic rings. The fourth-order valence-corrected chi connectivity index (χ4v) is 2.49. The van der Waals surface area contributed by atoms with Crippen LogP contribution in [0.5, 0.6) is 0 Å². The van der Waals surface area contributed by atoms with Crippen LogP contribution in [-0.4, -0.2) is 46.6 Å². The van der Waals surface area contributed by atoms with E-state index in [1.165, 1.54) is 0 Å². The minimum Gasteiger partial charge on any atom is -0.481 e. The van der Waals surface area contributed by atoms with Crippen LogP contribution in [0.3, 0.4) is 0 Å². The molecule has 5 heteroatoms. The van der Waals surface area contributed by atoms with Gasteiger partial charge in [0.2, 0.25) is 5.91 Å². The summed E-state index contributed by atoms with van der Waals surface area (Å²) < 4.78 is 0. The van der Waals surface area contributed by atoms with E-state index in [-0.39, 0.29) is 24.4 Å². The summed E-state index contributed by atoms with van der Waals surface area (Å²) in [7, 11) is 0. The fourth-order valence-electron chi connectivity index (χ4n) is 2.49. The van der Waals surface area contributed by atoms with Crippen molar-refractivity contribution in [3.63, 3.8) is 0 Å². The smallest absolute Gasteiger partial charge is 0.304 e. The van der Waals surface area contributed by atoms with E-state index in [0.29, 0.717) is 6.04 Å². The first-order valence-corrected chi connectivity index (χ1v) is 6.36. The lowest BCUT2D eigenvalue weighted by atomic mass is 10.1. The van der Waals surface area contributed by atoms with Crippen LogP contribution in [-0.2, 0) is 9.59 Å². The third-order valence-corrected chi connectivity index (χ3v) is 3.63. The molecule has 1 aliphatic heterocycles. The number of nitrogens with one attached hydrogen (secondary N) is 1. The Kier molecular flexibility index (Phi) is 3.66. The van der Waals surface area contributed by atoms with Crippen molar-refractivity contribution in [3.05, 3.63) is 0 Å². The molecule has 17 heavy (non-hydrogen) atoms. The molecule has 0 radical (unpaired) electrons. The molecule has 0 spiro atoms. The Hall–Kier alpha value is -1.10. The van der Waals surface area contributed by atoms with E-state index in [1.54, 1.807) is 0 Å². The number of hydrogen-bond donors (Lipinski definition) is 2. The summed E-state index contributed by atoms with van der Waals surface area (Å²) in [5.41, 5.74) is 0. The predicted molar refractivity (Wildman–Crippen MR) is 62.6 cm³/mol.